The highest BCUT2D eigenvalue weighted by Gasteiger charge is 2.45. The summed E-state index contributed by atoms with van der Waals surface area (Å²) in [6, 6.07) is 12.2. The van der Waals surface area contributed by atoms with Gasteiger partial charge in [0.2, 0.25) is 11.8 Å². The number of methoxy groups -OCH3 is 1. The van der Waals surface area contributed by atoms with Crippen molar-refractivity contribution in [2.75, 3.05) is 32.1 Å². The summed E-state index contributed by atoms with van der Waals surface area (Å²) in [6.07, 6.45) is 9.06. The van der Waals surface area contributed by atoms with Crippen molar-refractivity contribution >= 4 is 45.3 Å². The van der Waals surface area contributed by atoms with Crippen molar-refractivity contribution < 1.29 is 32.3 Å². The molecule has 3 amide bonds. The molecule has 4 fully saturated rings. The van der Waals surface area contributed by atoms with Crippen molar-refractivity contribution in [1.29, 1.82) is 0 Å². The van der Waals surface area contributed by atoms with Gasteiger partial charge in [-0.25, -0.2) is 9.78 Å². The molecule has 13 nitrogen and oxygen atoms in total. The largest absolute Gasteiger partial charge is 0.494 e. The smallest absolute Gasteiger partial charge is 0.433 e. The maximum atomic E-state index is 13.4. The molecule has 3 aromatic heterocycles. The van der Waals surface area contributed by atoms with E-state index in [-0.39, 0.29) is 29.8 Å². The zero-order chi connectivity index (χ0) is 42.6. The van der Waals surface area contributed by atoms with Crippen LogP contribution in [-0.4, -0.2) is 73.3 Å². The van der Waals surface area contributed by atoms with E-state index in [1.54, 1.807) is 28.3 Å². The van der Waals surface area contributed by atoms with Crippen molar-refractivity contribution in [3.63, 3.8) is 0 Å². The monoisotopic (exact) mass is 840 g/mol. The predicted octanol–water partition coefficient (Wildman–Crippen LogP) is 7.20. The Morgan fingerprint density at radius 2 is 1.74 bits per heavy atom. The molecule has 5 heterocycles. The first kappa shape index (κ1) is 40.9. The minimum absolute atomic E-state index is 0.222. The number of imidazole rings is 1. The zero-order valence-electron chi connectivity index (χ0n) is 34.5. The van der Waals surface area contributed by atoms with Crippen LogP contribution in [0, 0.1) is 17.3 Å². The number of aryl methyl sites for hydroxylation is 2. The fourth-order valence-corrected chi connectivity index (χ4v) is 10.7. The quantitative estimate of drug-likeness (QED) is 0.141. The van der Waals surface area contributed by atoms with Crippen LogP contribution in [0.4, 0.5) is 18.9 Å². The molecule has 2 saturated heterocycles. The number of aromatic nitrogens is 5. The molecule has 4 aliphatic rings. The normalized spacial score (nSPS) is 22.4. The number of pyridine rings is 1. The fraction of sp³-hybridized carbons (Fsp3) is 0.511. The number of likely N-dealkylation sites (tertiary alicyclic amines) is 1. The van der Waals surface area contributed by atoms with Crippen LogP contribution in [0.2, 0.25) is 0 Å². The number of carbonyl (C=O) groups is 3. The minimum atomic E-state index is -4.66. The molecule has 16 heteroatoms. The van der Waals surface area contributed by atoms with Crippen LogP contribution in [0.15, 0.2) is 59.5 Å². The first-order valence-corrected chi connectivity index (χ1v) is 21.4. The minimum Gasteiger partial charge on any atom is -0.494 e. The Morgan fingerprint density at radius 1 is 0.984 bits per heavy atom. The van der Waals surface area contributed by atoms with Crippen LogP contribution >= 0.6 is 0 Å². The molecule has 2 aliphatic carbocycles. The Labute approximate surface area is 350 Å². The van der Waals surface area contributed by atoms with Crippen LogP contribution in [0.5, 0.6) is 5.75 Å². The number of hydrogen-bond acceptors (Lipinski definition) is 8. The van der Waals surface area contributed by atoms with E-state index in [9.17, 15) is 32.3 Å². The third kappa shape index (κ3) is 8.06. The van der Waals surface area contributed by atoms with E-state index >= 15 is 0 Å². The van der Waals surface area contributed by atoms with Gasteiger partial charge in [-0.05, 0) is 131 Å². The number of para-hydroxylation sites is 1. The Hall–Kier alpha value is -5.51. The number of hydrogen-bond donors (Lipinski definition) is 2. The number of carbonyl (C=O) groups excluding carboxylic acids is 3. The molecule has 61 heavy (non-hydrogen) atoms. The summed E-state index contributed by atoms with van der Waals surface area (Å²) in [5.41, 5.74) is 2.52. The average molecular weight is 841 g/mol. The molecular formula is C45H51F3N8O5. The van der Waals surface area contributed by atoms with Gasteiger partial charge in [0.1, 0.15) is 23.2 Å². The molecule has 2 saturated carbocycles. The number of nitrogens with zero attached hydrogens (tertiary/aromatic N) is 6. The summed E-state index contributed by atoms with van der Waals surface area (Å²) in [5, 5.41) is 10.7. The van der Waals surface area contributed by atoms with E-state index in [0.717, 1.165) is 92.3 Å². The molecule has 0 bridgehead atoms. The van der Waals surface area contributed by atoms with Gasteiger partial charge in [0.15, 0.2) is 0 Å². The van der Waals surface area contributed by atoms with E-state index in [2.05, 4.69) is 26.6 Å². The van der Waals surface area contributed by atoms with Crippen molar-refractivity contribution in [2.45, 2.75) is 95.3 Å². The number of imide groups is 1. The predicted molar refractivity (Wildman–Crippen MR) is 222 cm³/mol. The van der Waals surface area contributed by atoms with E-state index < -0.39 is 29.7 Å². The topological polar surface area (TPSA) is 145 Å². The van der Waals surface area contributed by atoms with Crippen molar-refractivity contribution in [2.24, 2.45) is 24.3 Å². The second-order valence-electron chi connectivity index (χ2n) is 17.8. The van der Waals surface area contributed by atoms with Crippen LogP contribution in [0.3, 0.4) is 0 Å². The number of piperidine rings is 2. The number of alkyl halides is 3. The van der Waals surface area contributed by atoms with Gasteiger partial charge < -0.3 is 15.0 Å². The van der Waals surface area contributed by atoms with E-state index in [0.29, 0.717) is 40.6 Å². The molecule has 9 rings (SSSR count). The highest BCUT2D eigenvalue weighted by molar-refractivity contribution is 6.05. The number of anilines is 1. The molecular weight excluding hydrogens is 790 g/mol. The first-order valence-electron chi connectivity index (χ1n) is 21.4. The number of amides is 3. The summed E-state index contributed by atoms with van der Waals surface area (Å²) in [4.78, 5) is 56.9. The van der Waals surface area contributed by atoms with Crippen molar-refractivity contribution in [1.82, 2.24) is 34.1 Å². The van der Waals surface area contributed by atoms with Crippen LogP contribution < -0.4 is 21.1 Å². The Kier molecular flexibility index (Phi) is 10.8. The number of benzene rings is 2. The fourth-order valence-electron chi connectivity index (χ4n) is 10.7. The van der Waals surface area contributed by atoms with Crippen molar-refractivity contribution in [3.8, 4) is 5.75 Å². The van der Waals surface area contributed by atoms with Crippen LogP contribution in [0.25, 0.3) is 21.9 Å². The third-order valence-electron chi connectivity index (χ3n) is 14.0. The van der Waals surface area contributed by atoms with Gasteiger partial charge >= 0.3 is 11.9 Å². The van der Waals surface area contributed by atoms with E-state index in [1.165, 1.54) is 38.9 Å². The van der Waals surface area contributed by atoms with Gasteiger partial charge in [-0.2, -0.15) is 18.3 Å². The lowest BCUT2D eigenvalue weighted by atomic mass is 9.56. The molecule has 1 atom stereocenters. The van der Waals surface area contributed by atoms with Gasteiger partial charge in [-0.1, -0.05) is 18.2 Å². The number of ether oxygens (including phenoxy) is 1. The van der Waals surface area contributed by atoms with Gasteiger partial charge in [0, 0.05) is 37.7 Å². The summed E-state index contributed by atoms with van der Waals surface area (Å²) in [5.74, 6) is 0.178. The summed E-state index contributed by atoms with van der Waals surface area (Å²) >= 11 is 0. The lowest BCUT2D eigenvalue weighted by molar-refractivity contribution is -0.141. The highest BCUT2D eigenvalue weighted by atomic mass is 19.4. The number of rotatable bonds is 10. The molecule has 2 N–H and O–H groups in total. The second kappa shape index (κ2) is 16.1. The van der Waals surface area contributed by atoms with E-state index in [1.807, 2.05) is 23.0 Å². The number of nitrogens with one attached hydrogen (secondary N) is 2. The van der Waals surface area contributed by atoms with Crippen molar-refractivity contribution in [3.05, 3.63) is 82.2 Å². The van der Waals surface area contributed by atoms with Gasteiger partial charge in [-0.3, -0.25) is 33.5 Å². The van der Waals surface area contributed by atoms with Crippen LogP contribution in [-0.2, 0) is 29.2 Å². The summed E-state index contributed by atoms with van der Waals surface area (Å²) in [7, 11) is 3.24. The Balaban J connectivity index is 0.743. The Bertz CT molecular complexity index is 2550. The van der Waals surface area contributed by atoms with Crippen LogP contribution in [0.1, 0.15) is 104 Å². The van der Waals surface area contributed by atoms with Gasteiger partial charge in [0.25, 0.3) is 5.91 Å². The molecule has 2 aromatic carbocycles. The van der Waals surface area contributed by atoms with Gasteiger partial charge in [0.05, 0.1) is 35.4 Å². The third-order valence-corrected chi connectivity index (χ3v) is 14.0. The standard InChI is InChI=1S/C45H51F3N8O5/c1-53-40-29(5-3-7-35(40)56(43(53)60)36-15-16-39(57)51-42(36)59)12-9-28-23-44(24-28)17-19-54(20-18-44)25-27-10-13-31(14-11-27)55-26-30-21-34(37(61-2)22-33(30)52-55)50-41(58)32-6-4-8-38(49-32)45(46,47)48/h3-8,21-22,26-28,31,36H,9-20,23-25H2,1-2H3,(H,50,58)(H,51,57,59). The second-order valence-corrected chi connectivity index (χ2v) is 17.8. The maximum absolute atomic E-state index is 13.4. The highest BCUT2D eigenvalue weighted by Crippen LogP contribution is 2.54. The lowest BCUT2D eigenvalue weighted by Crippen LogP contribution is -2.48. The SMILES string of the molecule is COc1cc2nn(C3CCC(CN4CCC5(CC4)CC(CCc4cccc6c4n(C)c(=O)n6C4CCC(=O)NC4=O)C5)CC3)cc2cc1NC(=O)c1cccc(C(F)(F)F)n1. The summed E-state index contributed by atoms with van der Waals surface area (Å²) < 4.78 is 50.3. The zero-order valence-corrected chi connectivity index (χ0v) is 34.5. The molecule has 2 aliphatic heterocycles. The van der Waals surface area contributed by atoms with E-state index in [4.69, 9.17) is 9.84 Å². The molecule has 322 valence electrons. The lowest BCUT2D eigenvalue weighted by Gasteiger charge is -2.53. The first-order chi connectivity index (χ1) is 29.3. The number of fused-ring (bicyclic) bond motifs is 2. The molecule has 5 aromatic rings. The maximum Gasteiger partial charge on any atom is 0.433 e. The van der Waals surface area contributed by atoms with Gasteiger partial charge in [-0.15, -0.1) is 0 Å². The Morgan fingerprint density at radius 3 is 2.46 bits per heavy atom. The average Bonchev–Trinajstić information content (AvgIpc) is 3.76. The summed E-state index contributed by atoms with van der Waals surface area (Å²) in [6.45, 7) is 3.39. The molecule has 0 radical (unpaired) electrons. The molecule has 1 spiro atoms. The number of halogens is 3. The molecule has 1 unspecified atom stereocenters.